The standard InChI is InChI=1S/H2O3S.Ti/c1-4(2)3;/h(H2,1,2,3);. The van der Waals surface area contributed by atoms with Gasteiger partial charge in [0.2, 0.25) is 0 Å². The molecule has 0 aromatic heterocycles. The van der Waals surface area contributed by atoms with E-state index in [-0.39, 0.29) is 21.7 Å². The van der Waals surface area contributed by atoms with Gasteiger partial charge in [0.15, 0.2) is 0 Å². The molecule has 0 aliphatic rings. The van der Waals surface area contributed by atoms with Crippen LogP contribution in [0, 0.1) is 0 Å². The van der Waals surface area contributed by atoms with Gasteiger partial charge >= 0.3 is 0 Å². The summed E-state index contributed by atoms with van der Waals surface area (Å²) < 4.78 is 22.8. The maximum Gasteiger partial charge on any atom is 0.299 e. The van der Waals surface area contributed by atoms with E-state index in [9.17, 15) is 0 Å². The van der Waals surface area contributed by atoms with Crippen molar-refractivity contribution in [3.63, 3.8) is 0 Å². The average molecular weight is 130 g/mol. The molecule has 5 heteroatoms. The Morgan fingerprint density at radius 1 is 1.40 bits per heavy atom. The Labute approximate surface area is 46.8 Å². The summed E-state index contributed by atoms with van der Waals surface area (Å²) in [7, 11) is 0. The molecule has 0 aromatic rings. The second-order valence-corrected chi connectivity index (χ2v) is 0.692. The molecule has 0 spiro atoms. The minimum atomic E-state index is -2.61. The SMILES string of the molecule is O=S(O)O.[Ti]. The third-order valence-electron chi connectivity index (χ3n) is 0. The van der Waals surface area contributed by atoms with E-state index in [2.05, 4.69) is 0 Å². The van der Waals surface area contributed by atoms with Gasteiger partial charge in [-0.3, -0.25) is 9.11 Å². The van der Waals surface area contributed by atoms with Crippen molar-refractivity contribution < 1.29 is 35.0 Å². The van der Waals surface area contributed by atoms with Gasteiger partial charge in [-0.05, 0) is 0 Å². The fourth-order valence-electron chi connectivity index (χ4n) is 0. The molecule has 0 fully saturated rings. The van der Waals surface area contributed by atoms with Crippen molar-refractivity contribution in [3.8, 4) is 0 Å². The van der Waals surface area contributed by atoms with Gasteiger partial charge in [0, 0.05) is 21.7 Å². The first-order valence-electron chi connectivity index (χ1n) is 0.532. The smallest absolute Gasteiger partial charge is 0.284 e. The fourth-order valence-corrected chi connectivity index (χ4v) is 0. The Hall–Kier alpha value is 0.784. The van der Waals surface area contributed by atoms with Gasteiger partial charge in [-0.2, -0.15) is 4.21 Å². The number of hydrogen-bond donors (Lipinski definition) is 2. The second kappa shape index (κ2) is 4.78. The molecule has 0 unspecified atom stereocenters. The zero-order valence-electron chi connectivity index (χ0n) is 2.21. The van der Waals surface area contributed by atoms with E-state index in [1.807, 2.05) is 0 Å². The summed E-state index contributed by atoms with van der Waals surface area (Å²) in [6.07, 6.45) is 0. The molecular formula is H2O3STi. The first-order chi connectivity index (χ1) is 1.73. The molecule has 0 atom stereocenters. The molecule has 0 bridgehead atoms. The van der Waals surface area contributed by atoms with E-state index in [1.165, 1.54) is 0 Å². The minimum Gasteiger partial charge on any atom is -0.284 e. The van der Waals surface area contributed by atoms with Gasteiger partial charge in [-0.25, -0.2) is 0 Å². The van der Waals surface area contributed by atoms with Crippen LogP contribution >= 0.6 is 0 Å². The minimum absolute atomic E-state index is 0. The summed E-state index contributed by atoms with van der Waals surface area (Å²) in [6.45, 7) is 0. The van der Waals surface area contributed by atoms with Crippen LogP contribution in [0.25, 0.3) is 0 Å². The monoisotopic (exact) mass is 130 g/mol. The van der Waals surface area contributed by atoms with Crippen LogP contribution in [0.4, 0.5) is 0 Å². The zero-order chi connectivity index (χ0) is 3.58. The van der Waals surface area contributed by atoms with E-state index >= 15 is 0 Å². The van der Waals surface area contributed by atoms with Crippen LogP contribution in [0.15, 0.2) is 0 Å². The molecule has 0 aliphatic carbocycles. The van der Waals surface area contributed by atoms with E-state index in [0.717, 1.165) is 0 Å². The normalized spacial score (nSPS) is 7.00. The molecule has 5 heavy (non-hydrogen) atoms. The van der Waals surface area contributed by atoms with E-state index in [4.69, 9.17) is 13.3 Å². The maximum absolute atomic E-state index is 8.67. The van der Waals surface area contributed by atoms with Crippen molar-refractivity contribution in [2.45, 2.75) is 0 Å². The predicted molar refractivity (Wildman–Crippen MR) is 13.4 cm³/mol. The van der Waals surface area contributed by atoms with Crippen LogP contribution in [-0.2, 0) is 33.1 Å². The van der Waals surface area contributed by atoms with Gasteiger partial charge in [-0.1, -0.05) is 0 Å². The summed E-state index contributed by atoms with van der Waals surface area (Å²) in [4.78, 5) is 0. The number of rotatable bonds is 0. The molecule has 0 radical (unpaired) electrons. The van der Waals surface area contributed by atoms with Crippen molar-refractivity contribution in [3.05, 3.63) is 0 Å². The first kappa shape index (κ1) is 9.25. The van der Waals surface area contributed by atoms with Crippen molar-refractivity contribution in [1.82, 2.24) is 0 Å². The largest absolute Gasteiger partial charge is 0.299 e. The summed E-state index contributed by atoms with van der Waals surface area (Å²) in [5.41, 5.74) is 0. The van der Waals surface area contributed by atoms with E-state index < -0.39 is 11.4 Å². The van der Waals surface area contributed by atoms with Crippen LogP contribution < -0.4 is 0 Å². The molecule has 0 heterocycles. The Kier molecular flexibility index (Phi) is 8.85. The third kappa shape index (κ3) is 60.3. The van der Waals surface area contributed by atoms with Crippen LogP contribution in [-0.4, -0.2) is 13.3 Å². The quantitative estimate of drug-likeness (QED) is 0.349. The van der Waals surface area contributed by atoms with Crippen LogP contribution in [0.3, 0.4) is 0 Å². The summed E-state index contributed by atoms with van der Waals surface area (Å²) in [5, 5.41) is 0. The van der Waals surface area contributed by atoms with Crippen LogP contribution in [0.5, 0.6) is 0 Å². The van der Waals surface area contributed by atoms with Crippen LogP contribution in [0.1, 0.15) is 0 Å². The molecule has 3 nitrogen and oxygen atoms in total. The molecule has 2 N–H and O–H groups in total. The number of hydrogen-bond acceptors (Lipinski definition) is 1. The summed E-state index contributed by atoms with van der Waals surface area (Å²) >= 11 is -2.61. The van der Waals surface area contributed by atoms with Crippen molar-refractivity contribution in [2.75, 3.05) is 0 Å². The summed E-state index contributed by atoms with van der Waals surface area (Å²) in [5.74, 6) is 0. The van der Waals surface area contributed by atoms with E-state index in [1.54, 1.807) is 0 Å². The van der Waals surface area contributed by atoms with Crippen molar-refractivity contribution >= 4 is 11.4 Å². The van der Waals surface area contributed by atoms with Gasteiger partial charge in [-0.15, -0.1) is 0 Å². The van der Waals surface area contributed by atoms with Crippen molar-refractivity contribution in [2.24, 2.45) is 0 Å². The Morgan fingerprint density at radius 3 is 1.40 bits per heavy atom. The molecule has 0 saturated carbocycles. The van der Waals surface area contributed by atoms with Gasteiger partial charge < -0.3 is 0 Å². The molecule has 0 rings (SSSR count). The molecule has 0 saturated heterocycles. The zero-order valence-corrected chi connectivity index (χ0v) is 4.59. The third-order valence-corrected chi connectivity index (χ3v) is 0. The second-order valence-electron chi connectivity index (χ2n) is 0.231. The van der Waals surface area contributed by atoms with Gasteiger partial charge in [0.25, 0.3) is 11.4 Å². The molecule has 0 aromatic carbocycles. The topological polar surface area (TPSA) is 57.5 Å². The molecule has 0 aliphatic heterocycles. The Bertz CT molecular complexity index is 29.9. The van der Waals surface area contributed by atoms with Gasteiger partial charge in [0.05, 0.1) is 0 Å². The van der Waals surface area contributed by atoms with Crippen LogP contribution in [0.2, 0.25) is 0 Å². The predicted octanol–water partition coefficient (Wildman–Crippen LogP) is -0.321. The Balaban J connectivity index is 0. The maximum atomic E-state index is 8.67. The van der Waals surface area contributed by atoms with E-state index in [0.29, 0.717) is 0 Å². The van der Waals surface area contributed by atoms with Crippen molar-refractivity contribution in [1.29, 1.82) is 0 Å². The average Bonchev–Trinajstić information content (AvgIpc) is 0.811. The van der Waals surface area contributed by atoms with Gasteiger partial charge in [0.1, 0.15) is 0 Å². The molecule has 0 amide bonds. The fraction of sp³-hybridized carbons (Fsp3) is 0. The molecular weight excluding hydrogens is 128 g/mol. The summed E-state index contributed by atoms with van der Waals surface area (Å²) in [6, 6.07) is 0. The Morgan fingerprint density at radius 2 is 1.40 bits per heavy atom. The molecule has 30 valence electrons. The first-order valence-corrected chi connectivity index (χ1v) is 1.60.